The van der Waals surface area contributed by atoms with Crippen molar-refractivity contribution in [1.82, 2.24) is 0 Å². The number of aromatic hydroxyl groups is 1. The van der Waals surface area contributed by atoms with E-state index in [1.165, 1.54) is 16.7 Å². The SMILES string of the molecule is CCCCc1cc(CCCC)c(S(OC(=O)c2ccccc2O)(c2ccccc2)c2ccccc2)c(CCCC)c1. The van der Waals surface area contributed by atoms with Crippen molar-refractivity contribution in [2.75, 3.05) is 0 Å². The van der Waals surface area contributed by atoms with Crippen LogP contribution in [-0.4, -0.2) is 11.1 Å². The quantitative estimate of drug-likeness (QED) is 0.165. The molecule has 0 heterocycles. The minimum absolute atomic E-state index is 0.0701. The summed E-state index contributed by atoms with van der Waals surface area (Å²) in [7, 11) is -2.52. The molecule has 0 aliphatic heterocycles. The second-order valence-corrected chi connectivity index (χ2v) is 13.3. The highest BCUT2D eigenvalue weighted by atomic mass is 32.3. The van der Waals surface area contributed by atoms with Gasteiger partial charge in [0.1, 0.15) is 11.3 Å². The molecule has 4 rings (SSSR count). The van der Waals surface area contributed by atoms with Crippen LogP contribution in [-0.2, 0) is 23.4 Å². The predicted octanol–water partition coefficient (Wildman–Crippen LogP) is 10.5. The standard InChI is InChI=1S/C37H44O3S/c1-4-7-18-29-27-30(19-8-5-2)36(31(28-29)20-9-6-3)41(32-21-12-10-13-22-32,33-23-14-11-15-24-33)40-37(39)34-25-16-17-26-35(34)38/h10-17,21-28,38H,4-9,18-20H2,1-3H3. The lowest BCUT2D eigenvalue weighted by molar-refractivity contribution is 0.0754. The number of aryl methyl sites for hydroxylation is 3. The molecule has 216 valence electrons. The van der Waals surface area contributed by atoms with E-state index >= 15 is 0 Å². The van der Waals surface area contributed by atoms with E-state index in [2.05, 4.69) is 57.2 Å². The van der Waals surface area contributed by atoms with Gasteiger partial charge in [0.25, 0.3) is 0 Å². The molecule has 4 heteroatoms. The summed E-state index contributed by atoms with van der Waals surface area (Å²) in [5.41, 5.74) is 4.11. The number of hydrogen-bond donors (Lipinski definition) is 1. The fraction of sp³-hybridized carbons (Fsp3) is 0.324. The number of phenolic OH excluding ortho intramolecular Hbond substituents is 1. The molecule has 0 atom stereocenters. The van der Waals surface area contributed by atoms with Gasteiger partial charge in [-0.05, 0) is 102 Å². The van der Waals surface area contributed by atoms with E-state index in [1.54, 1.807) is 24.3 Å². The Morgan fingerprint density at radius 3 is 1.61 bits per heavy atom. The minimum Gasteiger partial charge on any atom is -0.507 e. The zero-order valence-corrected chi connectivity index (χ0v) is 25.6. The summed E-state index contributed by atoms with van der Waals surface area (Å²) in [6, 6.07) is 32.0. The average molecular weight is 569 g/mol. The molecule has 4 aromatic carbocycles. The van der Waals surface area contributed by atoms with Gasteiger partial charge in [0, 0.05) is 14.7 Å². The molecule has 0 amide bonds. The third-order valence-electron chi connectivity index (χ3n) is 7.48. The van der Waals surface area contributed by atoms with Crippen LogP contribution >= 0.6 is 10.3 Å². The molecule has 41 heavy (non-hydrogen) atoms. The van der Waals surface area contributed by atoms with Crippen molar-refractivity contribution >= 4 is 16.3 Å². The molecular weight excluding hydrogens is 524 g/mol. The summed E-state index contributed by atoms with van der Waals surface area (Å²) < 4.78 is 6.91. The van der Waals surface area contributed by atoms with E-state index in [0.717, 1.165) is 72.5 Å². The van der Waals surface area contributed by atoms with Crippen LogP contribution in [0.2, 0.25) is 0 Å². The third kappa shape index (κ3) is 7.05. The van der Waals surface area contributed by atoms with Crippen molar-refractivity contribution < 1.29 is 14.1 Å². The van der Waals surface area contributed by atoms with E-state index in [1.807, 2.05) is 36.4 Å². The maximum Gasteiger partial charge on any atom is 0.353 e. The molecule has 1 N–H and O–H groups in total. The van der Waals surface area contributed by atoms with Crippen molar-refractivity contribution in [2.24, 2.45) is 0 Å². The summed E-state index contributed by atoms with van der Waals surface area (Å²) in [6.07, 6.45) is 9.48. The Bertz CT molecular complexity index is 1330. The molecule has 0 saturated carbocycles. The van der Waals surface area contributed by atoms with E-state index in [0.29, 0.717) is 0 Å². The molecule has 0 radical (unpaired) electrons. The van der Waals surface area contributed by atoms with Gasteiger partial charge in [0.2, 0.25) is 0 Å². The van der Waals surface area contributed by atoms with Gasteiger partial charge in [0.15, 0.2) is 0 Å². The van der Waals surface area contributed by atoms with Crippen LogP contribution in [0.15, 0.2) is 112 Å². The zero-order valence-electron chi connectivity index (χ0n) is 24.8. The summed E-state index contributed by atoms with van der Waals surface area (Å²) in [5, 5.41) is 10.7. The lowest BCUT2D eigenvalue weighted by Gasteiger charge is -2.42. The fourth-order valence-electron chi connectivity index (χ4n) is 5.37. The number of rotatable bonds is 14. The number of carbonyl (C=O) groups is 1. The first-order chi connectivity index (χ1) is 20.0. The van der Waals surface area contributed by atoms with Crippen LogP contribution in [0.5, 0.6) is 5.75 Å². The molecule has 0 saturated heterocycles. The van der Waals surface area contributed by atoms with Crippen LogP contribution in [0.4, 0.5) is 0 Å². The Kier molecular flexibility index (Phi) is 11.1. The Morgan fingerprint density at radius 2 is 1.12 bits per heavy atom. The molecule has 0 bridgehead atoms. The Morgan fingerprint density at radius 1 is 0.659 bits per heavy atom. The molecule has 0 spiro atoms. The maximum absolute atomic E-state index is 14.1. The largest absolute Gasteiger partial charge is 0.507 e. The maximum atomic E-state index is 14.1. The molecule has 0 aliphatic rings. The highest BCUT2D eigenvalue weighted by Crippen LogP contribution is 2.71. The number of para-hydroxylation sites is 1. The zero-order chi connectivity index (χ0) is 29.1. The van der Waals surface area contributed by atoms with Crippen LogP contribution in [0.1, 0.15) is 86.3 Å². The van der Waals surface area contributed by atoms with Gasteiger partial charge in [-0.2, -0.15) is 0 Å². The van der Waals surface area contributed by atoms with E-state index in [4.69, 9.17) is 4.18 Å². The predicted molar refractivity (Wildman–Crippen MR) is 171 cm³/mol. The first kappa shape index (κ1) is 30.5. The number of unbranched alkanes of at least 4 members (excludes halogenated alkanes) is 3. The van der Waals surface area contributed by atoms with E-state index in [9.17, 15) is 9.90 Å². The lowest BCUT2D eigenvalue weighted by atomic mass is 9.96. The summed E-state index contributed by atoms with van der Waals surface area (Å²) in [4.78, 5) is 17.2. The van der Waals surface area contributed by atoms with Gasteiger partial charge in [-0.1, -0.05) is 101 Å². The summed E-state index contributed by atoms with van der Waals surface area (Å²) in [5.74, 6) is -0.581. The number of carbonyl (C=O) groups excluding carboxylic acids is 1. The van der Waals surface area contributed by atoms with Crippen LogP contribution in [0.3, 0.4) is 0 Å². The Balaban J connectivity index is 2.09. The third-order valence-corrected chi connectivity index (χ3v) is 10.9. The van der Waals surface area contributed by atoms with Crippen LogP contribution in [0, 0.1) is 0 Å². The van der Waals surface area contributed by atoms with Crippen LogP contribution in [0.25, 0.3) is 0 Å². The van der Waals surface area contributed by atoms with Gasteiger partial charge in [-0.3, -0.25) is 0 Å². The minimum atomic E-state index is -2.52. The van der Waals surface area contributed by atoms with Gasteiger partial charge in [-0.25, -0.2) is 4.79 Å². The highest BCUT2D eigenvalue weighted by Gasteiger charge is 2.40. The van der Waals surface area contributed by atoms with Gasteiger partial charge in [-0.15, -0.1) is 0 Å². The van der Waals surface area contributed by atoms with Crippen molar-refractivity contribution in [2.45, 2.75) is 93.2 Å². The molecule has 3 nitrogen and oxygen atoms in total. The van der Waals surface area contributed by atoms with E-state index in [-0.39, 0.29) is 11.3 Å². The normalized spacial score (nSPS) is 11.8. The molecule has 0 aromatic heterocycles. The van der Waals surface area contributed by atoms with Crippen LogP contribution < -0.4 is 0 Å². The van der Waals surface area contributed by atoms with E-state index < -0.39 is 16.3 Å². The van der Waals surface area contributed by atoms with Gasteiger partial charge < -0.3 is 9.29 Å². The molecule has 0 fully saturated rings. The molecule has 4 aromatic rings. The molecule has 0 unspecified atom stereocenters. The summed E-state index contributed by atoms with van der Waals surface area (Å²) >= 11 is 0. The topological polar surface area (TPSA) is 46.5 Å². The average Bonchev–Trinajstić information content (AvgIpc) is 3.01. The second kappa shape index (κ2) is 14.9. The first-order valence-electron chi connectivity index (χ1n) is 15.1. The summed E-state index contributed by atoms with van der Waals surface area (Å²) in [6.45, 7) is 6.69. The first-order valence-corrected chi connectivity index (χ1v) is 16.7. The molecular formula is C37H44O3S. The van der Waals surface area contributed by atoms with Gasteiger partial charge >= 0.3 is 5.97 Å². The monoisotopic (exact) mass is 568 g/mol. The second-order valence-electron chi connectivity index (χ2n) is 10.6. The fourth-order valence-corrected chi connectivity index (χ4v) is 8.84. The Labute approximate surface area is 248 Å². The highest BCUT2D eigenvalue weighted by molar-refractivity contribution is 8.30. The Hall–Kier alpha value is -3.50. The number of phenols is 1. The smallest absolute Gasteiger partial charge is 0.353 e. The molecule has 0 aliphatic carbocycles. The number of benzene rings is 4. The van der Waals surface area contributed by atoms with Crippen molar-refractivity contribution in [1.29, 1.82) is 0 Å². The lowest BCUT2D eigenvalue weighted by Crippen LogP contribution is -2.17. The van der Waals surface area contributed by atoms with Gasteiger partial charge in [0.05, 0.1) is 0 Å². The van der Waals surface area contributed by atoms with Crippen molar-refractivity contribution in [3.63, 3.8) is 0 Å². The number of hydrogen-bond acceptors (Lipinski definition) is 3. The van der Waals surface area contributed by atoms with Crippen molar-refractivity contribution in [3.05, 3.63) is 119 Å². The van der Waals surface area contributed by atoms with Crippen molar-refractivity contribution in [3.8, 4) is 5.75 Å².